The van der Waals surface area contributed by atoms with Gasteiger partial charge >= 0.3 is 5.97 Å². The van der Waals surface area contributed by atoms with Gasteiger partial charge in [0.05, 0.1) is 12.4 Å². The second-order valence-corrected chi connectivity index (χ2v) is 6.96. The molecule has 8 heteroatoms. The van der Waals surface area contributed by atoms with Crippen molar-refractivity contribution in [3.63, 3.8) is 0 Å². The fourth-order valence-electron chi connectivity index (χ4n) is 1.29. The lowest BCUT2D eigenvalue weighted by Gasteiger charge is -2.06. The molecule has 0 saturated carbocycles. The molecule has 20 heavy (non-hydrogen) atoms. The Hall–Kier alpha value is -1.25. The number of hydrogen-bond donors (Lipinski definition) is 2. The van der Waals surface area contributed by atoms with Crippen molar-refractivity contribution in [3.8, 4) is 0 Å². The Labute approximate surface area is 123 Å². The van der Waals surface area contributed by atoms with Crippen LogP contribution in [0.3, 0.4) is 0 Å². The molecular weight excluding hydrogens is 300 g/mol. The molecular formula is C12H18N2O4S2. The van der Waals surface area contributed by atoms with Gasteiger partial charge in [-0.15, -0.1) is 11.8 Å². The van der Waals surface area contributed by atoms with E-state index in [1.807, 2.05) is 12.1 Å². The van der Waals surface area contributed by atoms with Crippen molar-refractivity contribution in [2.75, 3.05) is 30.4 Å². The van der Waals surface area contributed by atoms with Gasteiger partial charge in [-0.1, -0.05) is 0 Å². The molecule has 0 spiro atoms. The highest BCUT2D eigenvalue weighted by Gasteiger charge is 2.12. The summed E-state index contributed by atoms with van der Waals surface area (Å²) in [4.78, 5) is 12.0. The van der Waals surface area contributed by atoms with Crippen molar-refractivity contribution in [1.82, 2.24) is 4.72 Å². The van der Waals surface area contributed by atoms with E-state index in [9.17, 15) is 13.2 Å². The Kier molecular flexibility index (Phi) is 6.83. The third-order valence-corrected chi connectivity index (χ3v) is 4.84. The second-order valence-electron chi connectivity index (χ2n) is 3.86. The number of ether oxygens (including phenoxy) is 1. The average Bonchev–Trinajstić information content (AvgIpc) is 2.39. The van der Waals surface area contributed by atoms with E-state index in [0.717, 1.165) is 4.90 Å². The fourth-order valence-corrected chi connectivity index (χ4v) is 3.54. The highest BCUT2D eigenvalue weighted by atomic mass is 32.2. The summed E-state index contributed by atoms with van der Waals surface area (Å²) in [6.07, 6.45) is 0. The van der Waals surface area contributed by atoms with Crippen molar-refractivity contribution in [2.24, 2.45) is 0 Å². The van der Waals surface area contributed by atoms with Crippen molar-refractivity contribution in [3.05, 3.63) is 24.3 Å². The average molecular weight is 318 g/mol. The molecule has 0 bridgehead atoms. The monoisotopic (exact) mass is 318 g/mol. The van der Waals surface area contributed by atoms with Crippen LogP contribution in [0.25, 0.3) is 0 Å². The summed E-state index contributed by atoms with van der Waals surface area (Å²) < 4.78 is 30.1. The molecule has 0 radical (unpaired) electrons. The first-order chi connectivity index (χ1) is 9.43. The van der Waals surface area contributed by atoms with Crippen molar-refractivity contribution >= 4 is 33.4 Å². The molecule has 0 fully saturated rings. The molecule has 0 unspecified atom stereocenters. The second kappa shape index (κ2) is 8.13. The Bertz CT molecular complexity index is 529. The summed E-state index contributed by atoms with van der Waals surface area (Å²) in [5, 5.41) is 0. The first-order valence-electron chi connectivity index (χ1n) is 6.04. The summed E-state index contributed by atoms with van der Waals surface area (Å²) in [6.45, 7) is 1.56. The first-order valence-corrected chi connectivity index (χ1v) is 8.68. The van der Waals surface area contributed by atoms with Gasteiger partial charge in [0.2, 0.25) is 10.0 Å². The quantitative estimate of drug-likeness (QED) is 0.419. The van der Waals surface area contributed by atoms with E-state index >= 15 is 0 Å². The molecule has 0 aromatic heterocycles. The van der Waals surface area contributed by atoms with E-state index in [1.54, 1.807) is 19.1 Å². The number of esters is 1. The van der Waals surface area contributed by atoms with Crippen LogP contribution in [-0.4, -0.2) is 39.0 Å². The van der Waals surface area contributed by atoms with E-state index in [0.29, 0.717) is 11.4 Å². The fraction of sp³-hybridized carbons (Fsp3) is 0.417. The van der Waals surface area contributed by atoms with Gasteiger partial charge in [-0.2, -0.15) is 0 Å². The number of carbonyl (C=O) groups excluding carboxylic acids is 1. The minimum atomic E-state index is -3.47. The number of carbonyl (C=O) groups is 1. The van der Waals surface area contributed by atoms with Crippen LogP contribution in [0.5, 0.6) is 0 Å². The lowest BCUT2D eigenvalue weighted by Crippen LogP contribution is -2.33. The van der Waals surface area contributed by atoms with E-state index in [-0.39, 0.29) is 18.9 Å². The lowest BCUT2D eigenvalue weighted by atomic mass is 10.3. The van der Waals surface area contributed by atoms with Crippen LogP contribution in [0.2, 0.25) is 0 Å². The third kappa shape index (κ3) is 6.78. The zero-order valence-electron chi connectivity index (χ0n) is 11.2. The number of nitrogens with one attached hydrogen (secondary N) is 1. The van der Waals surface area contributed by atoms with Gasteiger partial charge in [-0.05, 0) is 31.2 Å². The van der Waals surface area contributed by atoms with Crippen LogP contribution in [0.1, 0.15) is 6.92 Å². The van der Waals surface area contributed by atoms with E-state index in [4.69, 9.17) is 5.73 Å². The largest absolute Gasteiger partial charge is 0.465 e. The molecule has 6 nitrogen and oxygen atoms in total. The maximum Gasteiger partial charge on any atom is 0.320 e. The van der Waals surface area contributed by atoms with Crippen molar-refractivity contribution < 1.29 is 17.9 Å². The number of nitrogen functional groups attached to an aromatic ring is 1. The SMILES string of the molecule is CCOC(=O)CNS(=O)(=O)CCSc1ccc(N)cc1. The zero-order valence-corrected chi connectivity index (χ0v) is 12.8. The molecule has 1 aromatic carbocycles. The van der Waals surface area contributed by atoms with Gasteiger partial charge in [0.1, 0.15) is 6.54 Å². The number of nitrogens with two attached hydrogens (primary N) is 1. The molecule has 1 rings (SSSR count). The molecule has 0 saturated heterocycles. The summed E-state index contributed by atoms with van der Waals surface area (Å²) in [5.41, 5.74) is 6.22. The summed E-state index contributed by atoms with van der Waals surface area (Å²) in [5.74, 6) is -0.258. The van der Waals surface area contributed by atoms with Crippen LogP contribution in [-0.2, 0) is 19.6 Å². The maximum atomic E-state index is 11.6. The highest BCUT2D eigenvalue weighted by molar-refractivity contribution is 8.00. The lowest BCUT2D eigenvalue weighted by molar-refractivity contribution is -0.141. The minimum absolute atomic E-state index is 0.0680. The predicted octanol–water partition coefficient (Wildman–Crippen LogP) is 0.843. The Morgan fingerprint density at radius 1 is 1.35 bits per heavy atom. The number of thioether (sulfide) groups is 1. The summed E-state index contributed by atoms with van der Waals surface area (Å²) >= 11 is 1.41. The number of benzene rings is 1. The molecule has 0 aliphatic carbocycles. The molecule has 1 aromatic rings. The van der Waals surface area contributed by atoms with E-state index < -0.39 is 16.0 Å². The van der Waals surface area contributed by atoms with Crippen LogP contribution in [0, 0.1) is 0 Å². The van der Waals surface area contributed by atoms with Gasteiger partial charge in [0.15, 0.2) is 0 Å². The third-order valence-electron chi connectivity index (χ3n) is 2.24. The van der Waals surface area contributed by atoms with Crippen molar-refractivity contribution in [2.45, 2.75) is 11.8 Å². The van der Waals surface area contributed by atoms with Crippen LogP contribution >= 0.6 is 11.8 Å². The van der Waals surface area contributed by atoms with Gasteiger partial charge in [0.25, 0.3) is 0 Å². The molecule has 0 amide bonds. The summed E-state index contributed by atoms with van der Waals surface area (Å²) in [6, 6.07) is 7.18. The molecule has 3 N–H and O–H groups in total. The van der Waals surface area contributed by atoms with Gasteiger partial charge < -0.3 is 10.5 Å². The number of anilines is 1. The van der Waals surface area contributed by atoms with Crippen LogP contribution in [0.15, 0.2) is 29.2 Å². The topological polar surface area (TPSA) is 98.5 Å². The van der Waals surface area contributed by atoms with Crippen LogP contribution in [0.4, 0.5) is 5.69 Å². The van der Waals surface area contributed by atoms with Crippen LogP contribution < -0.4 is 10.5 Å². The smallest absolute Gasteiger partial charge is 0.320 e. The minimum Gasteiger partial charge on any atom is -0.465 e. The highest BCUT2D eigenvalue weighted by Crippen LogP contribution is 2.19. The number of rotatable bonds is 8. The molecule has 0 aliphatic rings. The van der Waals surface area contributed by atoms with Gasteiger partial charge in [-0.25, -0.2) is 13.1 Å². The van der Waals surface area contributed by atoms with Gasteiger partial charge in [-0.3, -0.25) is 4.79 Å². The number of hydrogen-bond acceptors (Lipinski definition) is 6. The molecule has 0 heterocycles. The Morgan fingerprint density at radius 3 is 2.60 bits per heavy atom. The van der Waals surface area contributed by atoms with E-state index in [1.165, 1.54) is 11.8 Å². The maximum absolute atomic E-state index is 11.6. The molecule has 0 atom stereocenters. The predicted molar refractivity (Wildman–Crippen MR) is 80.0 cm³/mol. The van der Waals surface area contributed by atoms with Gasteiger partial charge in [0, 0.05) is 16.3 Å². The molecule has 0 aliphatic heterocycles. The summed E-state index contributed by atoms with van der Waals surface area (Å²) in [7, 11) is -3.47. The van der Waals surface area contributed by atoms with E-state index in [2.05, 4.69) is 9.46 Å². The zero-order chi connectivity index (χ0) is 15.0. The Morgan fingerprint density at radius 2 is 2.00 bits per heavy atom. The Balaban J connectivity index is 2.32. The standard InChI is InChI=1S/C12H18N2O4S2/c1-2-18-12(15)9-14-20(16,17)8-7-19-11-5-3-10(13)4-6-11/h3-6,14H,2,7-9,13H2,1H3. The van der Waals surface area contributed by atoms with Crippen molar-refractivity contribution in [1.29, 1.82) is 0 Å². The number of sulfonamides is 1. The molecule has 112 valence electrons. The first kappa shape index (κ1) is 16.8. The normalized spacial score (nSPS) is 11.2.